The molecule has 4 heteroatoms. The van der Waals surface area contributed by atoms with E-state index in [1.54, 1.807) is 11.3 Å². The minimum absolute atomic E-state index is 0.943. The molecule has 3 rings (SSSR count). The molecule has 0 aliphatic carbocycles. The predicted octanol–water partition coefficient (Wildman–Crippen LogP) is 4.50. The van der Waals surface area contributed by atoms with E-state index >= 15 is 0 Å². The van der Waals surface area contributed by atoms with E-state index < -0.39 is 0 Å². The Morgan fingerprint density at radius 3 is 2.80 bits per heavy atom. The first-order chi connectivity index (χ1) is 9.81. The van der Waals surface area contributed by atoms with Crippen LogP contribution in [0.25, 0.3) is 11.3 Å². The fourth-order valence-corrected chi connectivity index (χ4v) is 3.03. The van der Waals surface area contributed by atoms with Crippen LogP contribution in [-0.2, 0) is 0 Å². The molecule has 1 aromatic heterocycles. The van der Waals surface area contributed by atoms with Crippen LogP contribution in [0, 0.1) is 6.92 Å². The third kappa shape index (κ3) is 3.25. The van der Waals surface area contributed by atoms with E-state index in [1.165, 1.54) is 30.4 Å². The molecule has 0 fully saturated rings. The summed E-state index contributed by atoms with van der Waals surface area (Å²) in [5.41, 5.74) is 3.48. The molecule has 2 heterocycles. The molecule has 104 valence electrons. The molecular formula is C16H19N3S. The van der Waals surface area contributed by atoms with Crippen molar-refractivity contribution in [1.82, 2.24) is 4.98 Å². The number of nitrogens with one attached hydrogen (secondary N) is 1. The van der Waals surface area contributed by atoms with Gasteiger partial charge in [0.1, 0.15) is 5.84 Å². The average Bonchev–Trinajstić information content (AvgIpc) is 2.76. The number of nitrogens with zero attached hydrogens (tertiary/aromatic N) is 2. The molecule has 3 nitrogen and oxygen atoms in total. The zero-order chi connectivity index (χ0) is 13.8. The van der Waals surface area contributed by atoms with Gasteiger partial charge in [-0.1, -0.05) is 36.2 Å². The minimum Gasteiger partial charge on any atom is -0.320 e. The van der Waals surface area contributed by atoms with E-state index in [4.69, 9.17) is 0 Å². The van der Waals surface area contributed by atoms with Crippen LogP contribution in [0.1, 0.15) is 31.2 Å². The SMILES string of the molecule is Cc1ccc(-c2csc(NC3=NCCCCC3)n2)cc1. The third-order valence-electron chi connectivity index (χ3n) is 3.48. The second-order valence-electron chi connectivity index (χ2n) is 5.17. The molecule has 0 amide bonds. The van der Waals surface area contributed by atoms with E-state index in [1.807, 2.05) is 0 Å². The summed E-state index contributed by atoms with van der Waals surface area (Å²) < 4.78 is 0. The van der Waals surface area contributed by atoms with Gasteiger partial charge in [-0.2, -0.15) is 0 Å². The molecule has 0 unspecified atom stereocenters. The molecule has 20 heavy (non-hydrogen) atoms. The number of benzene rings is 1. The van der Waals surface area contributed by atoms with Crippen LogP contribution in [-0.4, -0.2) is 17.4 Å². The predicted molar refractivity (Wildman–Crippen MR) is 86.7 cm³/mol. The van der Waals surface area contributed by atoms with Crippen molar-refractivity contribution < 1.29 is 0 Å². The standard InChI is InChI=1S/C16H19N3S/c1-12-6-8-13(9-7-12)14-11-20-16(18-14)19-15-5-3-2-4-10-17-15/h6-9,11H,2-5,10H2,1H3,(H,17,18,19). The highest BCUT2D eigenvalue weighted by atomic mass is 32.1. The van der Waals surface area contributed by atoms with Crippen molar-refractivity contribution in [1.29, 1.82) is 0 Å². The van der Waals surface area contributed by atoms with Crippen molar-refractivity contribution in [2.75, 3.05) is 11.9 Å². The highest BCUT2D eigenvalue weighted by Gasteiger charge is 2.08. The van der Waals surface area contributed by atoms with E-state index in [0.29, 0.717) is 0 Å². The Kier molecular flexibility index (Phi) is 4.11. The summed E-state index contributed by atoms with van der Waals surface area (Å²) in [6.07, 6.45) is 4.75. The molecule has 0 saturated carbocycles. The molecule has 1 aromatic carbocycles. The first-order valence-electron chi connectivity index (χ1n) is 7.14. The van der Waals surface area contributed by atoms with Crippen LogP contribution in [0.5, 0.6) is 0 Å². The van der Waals surface area contributed by atoms with Crippen LogP contribution >= 0.6 is 11.3 Å². The maximum absolute atomic E-state index is 4.66. The topological polar surface area (TPSA) is 37.3 Å². The summed E-state index contributed by atoms with van der Waals surface area (Å²) in [4.78, 5) is 9.25. The summed E-state index contributed by atoms with van der Waals surface area (Å²) in [6, 6.07) is 8.49. The van der Waals surface area contributed by atoms with Gasteiger partial charge in [-0.25, -0.2) is 4.98 Å². The van der Waals surface area contributed by atoms with Crippen molar-refractivity contribution in [2.45, 2.75) is 32.6 Å². The molecule has 2 aromatic rings. The lowest BCUT2D eigenvalue weighted by atomic mass is 10.1. The first-order valence-corrected chi connectivity index (χ1v) is 8.02. The van der Waals surface area contributed by atoms with E-state index in [-0.39, 0.29) is 0 Å². The highest BCUT2D eigenvalue weighted by Crippen LogP contribution is 2.25. The Labute approximate surface area is 123 Å². The zero-order valence-electron chi connectivity index (χ0n) is 11.7. The van der Waals surface area contributed by atoms with Crippen molar-refractivity contribution in [3.8, 4) is 11.3 Å². The molecule has 1 aliphatic heterocycles. The highest BCUT2D eigenvalue weighted by molar-refractivity contribution is 7.14. The summed E-state index contributed by atoms with van der Waals surface area (Å²) in [5.74, 6) is 1.09. The van der Waals surface area contributed by atoms with E-state index in [2.05, 4.69) is 51.9 Å². The Bertz CT molecular complexity index is 598. The molecule has 0 radical (unpaired) electrons. The van der Waals surface area contributed by atoms with Crippen LogP contribution in [0.3, 0.4) is 0 Å². The molecule has 0 atom stereocenters. The second-order valence-corrected chi connectivity index (χ2v) is 6.03. The van der Waals surface area contributed by atoms with E-state index in [0.717, 1.165) is 29.6 Å². The fourth-order valence-electron chi connectivity index (χ4n) is 2.29. The zero-order valence-corrected chi connectivity index (χ0v) is 12.5. The Morgan fingerprint density at radius 1 is 1.10 bits per heavy atom. The normalized spacial score (nSPS) is 15.6. The van der Waals surface area contributed by atoms with Crippen LogP contribution in [0.4, 0.5) is 5.13 Å². The summed E-state index contributed by atoms with van der Waals surface area (Å²) in [5, 5.41) is 6.43. The number of aliphatic imine (C=N–C) groups is 1. The third-order valence-corrected chi connectivity index (χ3v) is 4.23. The second kappa shape index (κ2) is 6.18. The molecule has 0 spiro atoms. The lowest BCUT2D eigenvalue weighted by molar-refractivity contribution is 0.731. The average molecular weight is 285 g/mol. The van der Waals surface area contributed by atoms with Gasteiger partial charge in [0.05, 0.1) is 5.69 Å². The van der Waals surface area contributed by atoms with Gasteiger partial charge in [0.25, 0.3) is 0 Å². The van der Waals surface area contributed by atoms with E-state index in [9.17, 15) is 0 Å². The van der Waals surface area contributed by atoms with Gasteiger partial charge in [0, 0.05) is 23.9 Å². The number of thiazole rings is 1. The Balaban J connectivity index is 1.73. The number of aryl methyl sites for hydroxylation is 1. The van der Waals surface area contributed by atoms with Gasteiger partial charge in [0.2, 0.25) is 0 Å². The minimum atomic E-state index is 0.943. The quantitative estimate of drug-likeness (QED) is 0.882. The number of hydrogen-bond donors (Lipinski definition) is 1. The molecule has 0 bridgehead atoms. The summed E-state index contributed by atoms with van der Waals surface area (Å²) in [7, 11) is 0. The smallest absolute Gasteiger partial charge is 0.188 e. The van der Waals surface area contributed by atoms with Gasteiger partial charge in [-0.3, -0.25) is 4.99 Å². The maximum atomic E-state index is 4.66. The molecule has 0 saturated heterocycles. The summed E-state index contributed by atoms with van der Waals surface area (Å²) >= 11 is 1.65. The van der Waals surface area contributed by atoms with Crippen LogP contribution in [0.2, 0.25) is 0 Å². The monoisotopic (exact) mass is 285 g/mol. The van der Waals surface area contributed by atoms with Gasteiger partial charge in [0.15, 0.2) is 5.13 Å². The number of amidine groups is 1. The number of hydrogen-bond acceptors (Lipinski definition) is 4. The molecule has 1 aliphatic rings. The Morgan fingerprint density at radius 2 is 1.95 bits per heavy atom. The molecule has 1 N–H and O–H groups in total. The Hall–Kier alpha value is -1.68. The largest absolute Gasteiger partial charge is 0.320 e. The van der Waals surface area contributed by atoms with Crippen LogP contribution < -0.4 is 5.32 Å². The van der Waals surface area contributed by atoms with Crippen molar-refractivity contribution in [3.05, 3.63) is 35.2 Å². The summed E-state index contributed by atoms with van der Waals surface area (Å²) in [6.45, 7) is 3.04. The first kappa shape index (κ1) is 13.3. The van der Waals surface area contributed by atoms with Gasteiger partial charge in [-0.05, 0) is 19.8 Å². The van der Waals surface area contributed by atoms with Gasteiger partial charge < -0.3 is 5.32 Å². The molecular weight excluding hydrogens is 266 g/mol. The number of rotatable bonds is 2. The number of aromatic nitrogens is 1. The number of anilines is 1. The lowest BCUT2D eigenvalue weighted by Crippen LogP contribution is -2.11. The van der Waals surface area contributed by atoms with Crippen molar-refractivity contribution in [2.24, 2.45) is 4.99 Å². The van der Waals surface area contributed by atoms with Gasteiger partial charge in [-0.15, -0.1) is 11.3 Å². The van der Waals surface area contributed by atoms with Crippen LogP contribution in [0.15, 0.2) is 34.6 Å². The lowest BCUT2D eigenvalue weighted by Gasteiger charge is -2.04. The van der Waals surface area contributed by atoms with Crippen molar-refractivity contribution in [3.63, 3.8) is 0 Å². The maximum Gasteiger partial charge on any atom is 0.188 e. The fraction of sp³-hybridized carbons (Fsp3) is 0.375. The van der Waals surface area contributed by atoms with Crippen molar-refractivity contribution >= 4 is 22.3 Å². The van der Waals surface area contributed by atoms with Gasteiger partial charge >= 0.3 is 0 Å².